The number of aryl methyl sites for hydroxylation is 1. The second-order valence-electron chi connectivity index (χ2n) is 9.03. The van der Waals surface area contributed by atoms with Gasteiger partial charge in [0.05, 0.1) is 13.2 Å². The first-order chi connectivity index (χ1) is 16.4. The van der Waals surface area contributed by atoms with Gasteiger partial charge in [-0.2, -0.15) is 5.26 Å². The second-order valence-corrected chi connectivity index (χ2v) is 9.03. The average molecular weight is 481 g/mol. The van der Waals surface area contributed by atoms with E-state index in [4.69, 9.17) is 9.47 Å². The van der Waals surface area contributed by atoms with Gasteiger partial charge in [-0.1, -0.05) is 29.8 Å². The van der Waals surface area contributed by atoms with Crippen molar-refractivity contribution in [3.05, 3.63) is 59.7 Å². The molecule has 186 valence electrons. The number of methoxy groups -OCH3 is 1. The molecule has 0 radical (unpaired) electrons. The number of hydrogen-bond acceptors (Lipinski definition) is 6. The Labute approximate surface area is 206 Å². The van der Waals surface area contributed by atoms with E-state index in [1.807, 2.05) is 19.1 Å². The average Bonchev–Trinajstić information content (AvgIpc) is 2.77. The summed E-state index contributed by atoms with van der Waals surface area (Å²) in [4.78, 5) is 40.2. The van der Waals surface area contributed by atoms with Gasteiger partial charge in [-0.3, -0.25) is 9.59 Å². The molecule has 9 nitrogen and oxygen atoms in total. The molecule has 0 aliphatic heterocycles. The van der Waals surface area contributed by atoms with Crippen molar-refractivity contribution >= 4 is 23.6 Å². The highest BCUT2D eigenvalue weighted by molar-refractivity contribution is 5.99. The molecule has 2 aromatic rings. The van der Waals surface area contributed by atoms with E-state index >= 15 is 0 Å². The SMILES string of the molecule is COc1ccc(NC(=O)C(c2cccc(C)c2)N(CC#N)C(=O)C(C)NC(=O)OC(C)(C)C)cc1. The number of amides is 3. The number of hydrogen-bond donors (Lipinski definition) is 2. The lowest BCUT2D eigenvalue weighted by Gasteiger charge is -2.32. The maximum Gasteiger partial charge on any atom is 0.408 e. The van der Waals surface area contributed by atoms with Crippen LogP contribution in [0.3, 0.4) is 0 Å². The predicted octanol–water partition coefficient (Wildman–Crippen LogP) is 3.95. The Balaban J connectivity index is 2.38. The first-order valence-corrected chi connectivity index (χ1v) is 11.1. The van der Waals surface area contributed by atoms with Crippen LogP contribution in [0.25, 0.3) is 0 Å². The fourth-order valence-corrected chi connectivity index (χ4v) is 3.37. The van der Waals surface area contributed by atoms with E-state index in [9.17, 15) is 19.6 Å². The van der Waals surface area contributed by atoms with E-state index in [0.29, 0.717) is 17.0 Å². The molecular formula is C26H32N4O5. The normalized spacial score (nSPS) is 12.5. The molecule has 2 unspecified atom stereocenters. The summed E-state index contributed by atoms with van der Waals surface area (Å²) >= 11 is 0. The van der Waals surface area contributed by atoms with Crippen LogP contribution in [0.15, 0.2) is 48.5 Å². The number of anilines is 1. The third kappa shape index (κ3) is 8.03. The van der Waals surface area contributed by atoms with Crippen LogP contribution in [0, 0.1) is 18.3 Å². The van der Waals surface area contributed by atoms with Gasteiger partial charge in [-0.25, -0.2) is 4.79 Å². The van der Waals surface area contributed by atoms with Crippen molar-refractivity contribution in [1.82, 2.24) is 10.2 Å². The van der Waals surface area contributed by atoms with E-state index in [-0.39, 0.29) is 6.54 Å². The summed E-state index contributed by atoms with van der Waals surface area (Å²) in [5.74, 6) is -0.482. The Morgan fingerprint density at radius 3 is 2.31 bits per heavy atom. The summed E-state index contributed by atoms with van der Waals surface area (Å²) in [7, 11) is 1.54. The van der Waals surface area contributed by atoms with Crippen molar-refractivity contribution < 1.29 is 23.9 Å². The van der Waals surface area contributed by atoms with Gasteiger partial charge in [0.2, 0.25) is 5.91 Å². The zero-order valence-corrected chi connectivity index (χ0v) is 20.9. The molecule has 0 bridgehead atoms. The Hall–Kier alpha value is -4.06. The topological polar surface area (TPSA) is 121 Å². The van der Waals surface area contributed by atoms with Crippen molar-refractivity contribution in [2.45, 2.75) is 52.3 Å². The monoisotopic (exact) mass is 480 g/mol. The lowest BCUT2D eigenvalue weighted by molar-refractivity contribution is -0.139. The molecule has 0 fully saturated rings. The number of nitriles is 1. The van der Waals surface area contributed by atoms with Crippen LogP contribution < -0.4 is 15.4 Å². The molecule has 0 aliphatic rings. The van der Waals surface area contributed by atoms with Crippen LogP contribution in [-0.4, -0.2) is 48.1 Å². The van der Waals surface area contributed by atoms with E-state index in [1.54, 1.807) is 70.3 Å². The van der Waals surface area contributed by atoms with Crippen molar-refractivity contribution in [1.29, 1.82) is 5.26 Å². The minimum Gasteiger partial charge on any atom is -0.497 e. The first kappa shape index (κ1) is 27.2. The molecule has 35 heavy (non-hydrogen) atoms. The van der Waals surface area contributed by atoms with Gasteiger partial charge < -0.3 is 25.0 Å². The number of benzene rings is 2. The van der Waals surface area contributed by atoms with Crippen LogP contribution in [0.2, 0.25) is 0 Å². The van der Waals surface area contributed by atoms with Gasteiger partial charge >= 0.3 is 6.09 Å². The minimum atomic E-state index is -1.12. The molecule has 9 heteroatoms. The van der Waals surface area contributed by atoms with E-state index < -0.39 is 35.6 Å². The molecule has 2 N–H and O–H groups in total. The molecule has 0 saturated carbocycles. The number of nitrogens with zero attached hydrogens (tertiary/aromatic N) is 2. The number of carbonyl (C=O) groups is 3. The van der Waals surface area contributed by atoms with Gasteiger partial charge in [-0.15, -0.1) is 0 Å². The lowest BCUT2D eigenvalue weighted by atomic mass is 10.0. The van der Waals surface area contributed by atoms with E-state index in [1.165, 1.54) is 6.92 Å². The number of ether oxygens (including phenoxy) is 2. The van der Waals surface area contributed by atoms with Gasteiger partial charge in [0.1, 0.15) is 30.0 Å². The minimum absolute atomic E-state index is 0.367. The highest BCUT2D eigenvalue weighted by Gasteiger charge is 2.34. The van der Waals surface area contributed by atoms with Gasteiger partial charge in [0, 0.05) is 5.69 Å². The zero-order chi connectivity index (χ0) is 26.2. The molecular weight excluding hydrogens is 448 g/mol. The summed E-state index contributed by atoms with van der Waals surface area (Å²) < 4.78 is 10.4. The summed E-state index contributed by atoms with van der Waals surface area (Å²) in [6.45, 7) is 8.10. The van der Waals surface area contributed by atoms with E-state index in [2.05, 4.69) is 10.6 Å². The van der Waals surface area contributed by atoms with Crippen LogP contribution in [0.1, 0.15) is 44.9 Å². The molecule has 2 rings (SSSR count). The molecule has 2 atom stereocenters. The molecule has 0 spiro atoms. The van der Waals surface area contributed by atoms with Gasteiger partial charge in [-0.05, 0) is 64.4 Å². The molecule has 0 heterocycles. The summed E-state index contributed by atoms with van der Waals surface area (Å²) in [5.41, 5.74) is 1.16. The van der Waals surface area contributed by atoms with Crippen molar-refractivity contribution in [3.8, 4) is 11.8 Å². The number of carbonyl (C=O) groups excluding carboxylic acids is 3. The van der Waals surface area contributed by atoms with E-state index in [0.717, 1.165) is 10.5 Å². The Kier molecular flexibility index (Phi) is 9.23. The fraction of sp³-hybridized carbons (Fsp3) is 0.385. The number of alkyl carbamates (subject to hydrolysis) is 1. The molecule has 0 aliphatic carbocycles. The summed E-state index contributed by atoms with van der Waals surface area (Å²) in [6, 6.07) is 13.7. The van der Waals surface area contributed by atoms with Gasteiger partial charge in [0.15, 0.2) is 0 Å². The fourth-order valence-electron chi connectivity index (χ4n) is 3.37. The third-order valence-corrected chi connectivity index (χ3v) is 4.90. The Morgan fingerprint density at radius 2 is 1.77 bits per heavy atom. The summed E-state index contributed by atoms with van der Waals surface area (Å²) in [5, 5.41) is 14.8. The van der Waals surface area contributed by atoms with Crippen LogP contribution in [-0.2, 0) is 14.3 Å². The first-order valence-electron chi connectivity index (χ1n) is 11.1. The van der Waals surface area contributed by atoms with Crippen molar-refractivity contribution in [2.24, 2.45) is 0 Å². The number of rotatable bonds is 8. The summed E-state index contributed by atoms with van der Waals surface area (Å²) in [6.07, 6.45) is -0.773. The second kappa shape index (κ2) is 11.9. The molecule has 3 amide bonds. The highest BCUT2D eigenvalue weighted by Crippen LogP contribution is 2.25. The largest absolute Gasteiger partial charge is 0.497 e. The number of nitrogens with one attached hydrogen (secondary N) is 2. The maximum atomic E-state index is 13.5. The quantitative estimate of drug-likeness (QED) is 0.552. The molecule has 0 aromatic heterocycles. The lowest BCUT2D eigenvalue weighted by Crippen LogP contribution is -2.51. The molecule has 0 saturated heterocycles. The van der Waals surface area contributed by atoms with Crippen LogP contribution in [0.4, 0.5) is 10.5 Å². The smallest absolute Gasteiger partial charge is 0.408 e. The molecule has 2 aromatic carbocycles. The van der Waals surface area contributed by atoms with Crippen molar-refractivity contribution in [2.75, 3.05) is 19.0 Å². The van der Waals surface area contributed by atoms with Crippen LogP contribution >= 0.6 is 0 Å². The highest BCUT2D eigenvalue weighted by atomic mass is 16.6. The Bertz CT molecular complexity index is 1090. The predicted molar refractivity (Wildman–Crippen MR) is 132 cm³/mol. The van der Waals surface area contributed by atoms with Crippen LogP contribution in [0.5, 0.6) is 5.75 Å². The van der Waals surface area contributed by atoms with Crippen molar-refractivity contribution in [3.63, 3.8) is 0 Å². The maximum absolute atomic E-state index is 13.5. The Morgan fingerprint density at radius 1 is 1.11 bits per heavy atom. The standard InChI is InChI=1S/C26H32N4O5/c1-17-8-7-9-19(16-17)22(23(31)29-20-10-12-21(34-6)13-11-20)30(15-14-27)24(32)18(2)28-25(33)35-26(3,4)5/h7-13,16,18,22H,15H2,1-6H3,(H,28,33)(H,29,31). The third-order valence-electron chi connectivity index (χ3n) is 4.90. The van der Waals surface area contributed by atoms with Gasteiger partial charge in [0.25, 0.3) is 5.91 Å². The zero-order valence-electron chi connectivity index (χ0n) is 20.9.